The Balaban J connectivity index is 1.18. The second-order valence-corrected chi connectivity index (χ2v) is 14.1. The summed E-state index contributed by atoms with van der Waals surface area (Å²) in [7, 11) is 0. The normalized spacial score (nSPS) is 11.6. The number of fused-ring (bicyclic) bond motifs is 8. The average molecular weight is 703 g/mol. The quantitative estimate of drug-likeness (QED) is 0.172. The highest BCUT2D eigenvalue weighted by Crippen LogP contribution is 2.46. The molecule has 0 saturated heterocycles. The first-order valence-corrected chi connectivity index (χ1v) is 18.8. The van der Waals surface area contributed by atoms with Crippen molar-refractivity contribution >= 4 is 71.6 Å². The summed E-state index contributed by atoms with van der Waals surface area (Å²) < 4.78 is 9.07. The topological polar surface area (TPSA) is 21.3 Å². The van der Waals surface area contributed by atoms with Gasteiger partial charge in [-0.25, -0.2) is 0 Å². The molecule has 0 spiro atoms. The lowest BCUT2D eigenvalue weighted by Crippen LogP contribution is -2.10. The van der Waals surface area contributed by atoms with Crippen LogP contribution in [0, 0.1) is 0 Å². The molecule has 0 fully saturated rings. The number of furan rings is 1. The van der Waals surface area contributed by atoms with E-state index in [1.165, 1.54) is 49.3 Å². The van der Waals surface area contributed by atoms with Gasteiger partial charge in [0.05, 0.1) is 16.7 Å². The minimum absolute atomic E-state index is 0.868. The Bertz CT molecular complexity index is 3180. The highest BCUT2D eigenvalue weighted by Gasteiger charge is 2.23. The smallest absolute Gasteiger partial charge is 0.136 e. The van der Waals surface area contributed by atoms with Crippen molar-refractivity contribution in [3.05, 3.63) is 206 Å². The highest BCUT2D eigenvalue weighted by molar-refractivity contribution is 6.23. The van der Waals surface area contributed by atoms with E-state index in [0.717, 1.165) is 50.2 Å². The predicted octanol–water partition coefficient (Wildman–Crippen LogP) is 14.6. The summed E-state index contributed by atoms with van der Waals surface area (Å²) in [5.74, 6) is 0. The molecule has 0 saturated carbocycles. The third kappa shape index (κ3) is 5.05. The first-order chi connectivity index (χ1) is 27.3. The van der Waals surface area contributed by atoms with Crippen molar-refractivity contribution in [3.8, 4) is 27.9 Å². The van der Waals surface area contributed by atoms with Crippen LogP contribution < -0.4 is 4.90 Å². The molecule has 3 nitrogen and oxygen atoms in total. The Kier molecular flexibility index (Phi) is 7.17. The van der Waals surface area contributed by atoms with Gasteiger partial charge in [-0.15, -0.1) is 0 Å². The third-order valence-corrected chi connectivity index (χ3v) is 11.0. The monoisotopic (exact) mass is 702 g/mol. The Morgan fingerprint density at radius 2 is 0.964 bits per heavy atom. The van der Waals surface area contributed by atoms with E-state index in [4.69, 9.17) is 4.42 Å². The number of hydrogen-bond acceptors (Lipinski definition) is 2. The lowest BCUT2D eigenvalue weighted by atomic mass is 9.95. The molecule has 2 heterocycles. The molecule has 0 amide bonds. The van der Waals surface area contributed by atoms with Crippen molar-refractivity contribution in [1.29, 1.82) is 0 Å². The van der Waals surface area contributed by atoms with Gasteiger partial charge in [-0.05, 0) is 99.8 Å². The van der Waals surface area contributed by atoms with Crippen molar-refractivity contribution in [2.75, 3.05) is 4.90 Å². The van der Waals surface area contributed by atoms with Crippen molar-refractivity contribution in [2.45, 2.75) is 0 Å². The summed E-state index contributed by atoms with van der Waals surface area (Å²) in [6.07, 6.45) is 0. The molecule has 0 aliphatic rings. The number of aromatic nitrogens is 1. The van der Waals surface area contributed by atoms with E-state index in [1.54, 1.807) is 0 Å². The van der Waals surface area contributed by atoms with Crippen LogP contribution in [0.4, 0.5) is 17.1 Å². The molecule has 3 heteroatoms. The fraction of sp³-hybridized carbons (Fsp3) is 0. The molecule has 0 atom stereocenters. The molecular weight excluding hydrogens is 669 g/mol. The van der Waals surface area contributed by atoms with Gasteiger partial charge in [-0.1, -0.05) is 140 Å². The van der Waals surface area contributed by atoms with Gasteiger partial charge in [0, 0.05) is 38.6 Å². The van der Waals surface area contributed by atoms with Crippen molar-refractivity contribution in [3.63, 3.8) is 0 Å². The zero-order valence-corrected chi connectivity index (χ0v) is 29.9. The summed E-state index contributed by atoms with van der Waals surface area (Å²) in [6, 6.07) is 73.8. The van der Waals surface area contributed by atoms with Crippen LogP contribution in [0.25, 0.3) is 82.5 Å². The number of hydrogen-bond donors (Lipinski definition) is 0. The second-order valence-electron chi connectivity index (χ2n) is 14.1. The summed E-state index contributed by atoms with van der Waals surface area (Å²) in [4.78, 5) is 2.41. The molecule has 9 aromatic carbocycles. The Labute approximate surface area is 318 Å². The van der Waals surface area contributed by atoms with Crippen LogP contribution >= 0.6 is 0 Å². The van der Waals surface area contributed by atoms with E-state index in [2.05, 4.69) is 216 Å². The molecule has 11 rings (SSSR count). The van der Waals surface area contributed by atoms with E-state index in [1.807, 2.05) is 0 Å². The lowest BCUT2D eigenvalue weighted by molar-refractivity contribution is 0.669. The summed E-state index contributed by atoms with van der Waals surface area (Å²) in [5, 5.41) is 7.02. The summed E-state index contributed by atoms with van der Waals surface area (Å²) in [5.41, 5.74) is 13.2. The lowest BCUT2D eigenvalue weighted by Gasteiger charge is -2.27. The minimum Gasteiger partial charge on any atom is -0.456 e. The number of benzene rings is 9. The number of rotatable bonds is 6. The van der Waals surface area contributed by atoms with Crippen LogP contribution in [0.5, 0.6) is 0 Å². The maximum absolute atomic E-state index is 6.69. The maximum Gasteiger partial charge on any atom is 0.136 e. The van der Waals surface area contributed by atoms with Crippen LogP contribution in [-0.4, -0.2) is 4.57 Å². The van der Waals surface area contributed by atoms with Gasteiger partial charge in [-0.3, -0.25) is 0 Å². The largest absolute Gasteiger partial charge is 0.456 e. The van der Waals surface area contributed by atoms with Gasteiger partial charge in [0.1, 0.15) is 11.2 Å². The Morgan fingerprint density at radius 3 is 1.73 bits per heavy atom. The minimum atomic E-state index is 0.868. The SMILES string of the molecule is c1ccc(-c2ccc(N(c3ccc4oc5cc(-c6ccccc6)c6ccccc6c5c4c3)c3cccc4c3c3ccccc3n4-c3ccccc3)cc2)cc1. The van der Waals surface area contributed by atoms with E-state index in [0.29, 0.717) is 0 Å². The molecule has 2 aromatic heterocycles. The average Bonchev–Trinajstić information content (AvgIpc) is 3.81. The molecule has 0 aliphatic heterocycles. The summed E-state index contributed by atoms with van der Waals surface area (Å²) >= 11 is 0. The molecule has 0 unspecified atom stereocenters. The van der Waals surface area contributed by atoms with Gasteiger partial charge in [-0.2, -0.15) is 0 Å². The third-order valence-electron chi connectivity index (χ3n) is 11.0. The van der Waals surface area contributed by atoms with Gasteiger partial charge in [0.25, 0.3) is 0 Å². The highest BCUT2D eigenvalue weighted by atomic mass is 16.3. The second kappa shape index (κ2) is 12.6. The molecule has 0 N–H and O–H groups in total. The van der Waals surface area contributed by atoms with Gasteiger partial charge in [0.15, 0.2) is 0 Å². The predicted molar refractivity (Wildman–Crippen MR) is 231 cm³/mol. The van der Waals surface area contributed by atoms with Gasteiger partial charge >= 0.3 is 0 Å². The fourth-order valence-electron chi connectivity index (χ4n) is 8.53. The zero-order chi connectivity index (χ0) is 36.3. The van der Waals surface area contributed by atoms with Crippen LogP contribution in [0.3, 0.4) is 0 Å². The maximum atomic E-state index is 6.69. The fourth-order valence-corrected chi connectivity index (χ4v) is 8.53. The van der Waals surface area contributed by atoms with E-state index < -0.39 is 0 Å². The van der Waals surface area contributed by atoms with Crippen molar-refractivity contribution in [1.82, 2.24) is 4.57 Å². The van der Waals surface area contributed by atoms with Gasteiger partial charge < -0.3 is 13.9 Å². The zero-order valence-electron chi connectivity index (χ0n) is 29.9. The first kappa shape index (κ1) is 31.2. The molecule has 0 radical (unpaired) electrons. The van der Waals surface area contributed by atoms with E-state index in [9.17, 15) is 0 Å². The van der Waals surface area contributed by atoms with E-state index >= 15 is 0 Å². The number of anilines is 3. The van der Waals surface area contributed by atoms with Crippen molar-refractivity contribution in [2.24, 2.45) is 0 Å². The standard InChI is InChI=1S/C52H34N2O/c1-4-15-35(16-5-1)36-27-29-39(30-28-36)53(47-25-14-26-48-52(47)43-23-12-13-24-46(43)54(48)38-19-8-3-9-20-38)40-31-32-49-45(33-40)51-42-22-11-10-21-41(42)44(34-50(51)55-49)37-17-6-2-7-18-37/h1-34H. The summed E-state index contributed by atoms with van der Waals surface area (Å²) in [6.45, 7) is 0. The van der Waals surface area contributed by atoms with Crippen LogP contribution in [0.1, 0.15) is 0 Å². The van der Waals surface area contributed by atoms with Crippen LogP contribution in [0.2, 0.25) is 0 Å². The Morgan fingerprint density at radius 1 is 0.364 bits per heavy atom. The number of para-hydroxylation sites is 2. The molecular formula is C52H34N2O. The molecule has 0 bridgehead atoms. The molecule has 55 heavy (non-hydrogen) atoms. The number of nitrogens with zero attached hydrogens (tertiary/aromatic N) is 2. The molecule has 258 valence electrons. The first-order valence-electron chi connectivity index (χ1n) is 18.8. The molecule has 0 aliphatic carbocycles. The van der Waals surface area contributed by atoms with E-state index in [-0.39, 0.29) is 0 Å². The molecule has 11 aromatic rings. The van der Waals surface area contributed by atoms with Crippen molar-refractivity contribution < 1.29 is 4.42 Å². The van der Waals surface area contributed by atoms with Crippen LogP contribution in [-0.2, 0) is 0 Å². The van der Waals surface area contributed by atoms with Crippen LogP contribution in [0.15, 0.2) is 211 Å². The van der Waals surface area contributed by atoms with Gasteiger partial charge in [0.2, 0.25) is 0 Å². The Hall–Kier alpha value is -7.36.